The fourth-order valence-electron chi connectivity index (χ4n) is 1.02. The Bertz CT molecular complexity index is 405. The van der Waals surface area contributed by atoms with Gasteiger partial charge in [0.05, 0.1) is 4.91 Å². The van der Waals surface area contributed by atoms with E-state index >= 15 is 0 Å². The van der Waals surface area contributed by atoms with E-state index in [4.69, 9.17) is 0 Å². The maximum absolute atomic E-state index is 3.96. The summed E-state index contributed by atoms with van der Waals surface area (Å²) >= 11 is 1.66. The van der Waals surface area contributed by atoms with Crippen LogP contribution in [-0.4, -0.2) is 0 Å². The molecular formula is C20H34S. The Labute approximate surface area is 138 Å². The van der Waals surface area contributed by atoms with Crippen LogP contribution in [0.25, 0.3) is 0 Å². The topological polar surface area (TPSA) is 0 Å². The summed E-state index contributed by atoms with van der Waals surface area (Å²) in [5, 5.41) is 0. The minimum Gasteiger partial charge on any atom is -0.0863 e. The maximum atomic E-state index is 3.96. The molecular weight excluding hydrogens is 272 g/mol. The summed E-state index contributed by atoms with van der Waals surface area (Å²) in [4.78, 5) is 2.22. The summed E-state index contributed by atoms with van der Waals surface area (Å²) in [6, 6.07) is 0. The van der Waals surface area contributed by atoms with Gasteiger partial charge in [-0.15, -0.1) is 0 Å². The fraction of sp³-hybridized carbons (Fsp3) is 0.500. The zero-order valence-electron chi connectivity index (χ0n) is 15.6. The van der Waals surface area contributed by atoms with E-state index in [9.17, 15) is 0 Å². The molecule has 0 radical (unpaired) electrons. The summed E-state index contributed by atoms with van der Waals surface area (Å²) in [5.41, 5.74) is 2.34. The molecule has 0 aliphatic rings. The zero-order valence-corrected chi connectivity index (χ0v) is 16.4. The number of rotatable bonds is 4. The minimum atomic E-state index is 0.907. The molecule has 120 valence electrons. The smallest absolute Gasteiger partial charge is 0.0549 e. The second-order valence-electron chi connectivity index (χ2n) is 3.98. The van der Waals surface area contributed by atoms with Crippen LogP contribution in [0.4, 0.5) is 0 Å². The summed E-state index contributed by atoms with van der Waals surface area (Å²) in [6.45, 7) is 22.3. The lowest BCUT2D eigenvalue weighted by Gasteiger charge is -2.00. The van der Waals surface area contributed by atoms with E-state index in [1.54, 1.807) is 11.8 Å². The lowest BCUT2D eigenvalue weighted by atomic mass is 10.2. The molecule has 0 aliphatic carbocycles. The molecule has 0 atom stereocenters. The third-order valence-electron chi connectivity index (χ3n) is 1.99. The van der Waals surface area contributed by atoms with Crippen molar-refractivity contribution in [3.63, 3.8) is 0 Å². The molecule has 0 saturated heterocycles. The van der Waals surface area contributed by atoms with Crippen LogP contribution in [-0.2, 0) is 0 Å². The van der Waals surface area contributed by atoms with E-state index in [1.165, 1.54) is 10.5 Å². The molecule has 0 nitrogen and oxygen atoms in total. The number of thioether (sulfide) groups is 1. The Morgan fingerprint density at radius 3 is 1.90 bits per heavy atom. The van der Waals surface area contributed by atoms with Crippen LogP contribution in [0.15, 0.2) is 45.8 Å². The molecule has 0 unspecified atom stereocenters. The number of hydrogen-bond donors (Lipinski definition) is 0. The standard InChI is InChI=1S/C16H22S.2C2H6/c1-7-16(8-2)17-15(6)12-11-14(5)10-9-13(3)4;2*1-2/h7,9-10H,6,8H2,1-5H3;2*1-2H3/b14-10+,16-7-;;. The van der Waals surface area contributed by atoms with Crippen molar-refractivity contribution in [3.05, 3.63) is 45.8 Å². The van der Waals surface area contributed by atoms with Crippen molar-refractivity contribution < 1.29 is 0 Å². The van der Waals surface area contributed by atoms with Gasteiger partial charge in [-0.25, -0.2) is 0 Å². The van der Waals surface area contributed by atoms with Gasteiger partial charge in [0.2, 0.25) is 0 Å². The van der Waals surface area contributed by atoms with Crippen LogP contribution < -0.4 is 0 Å². The molecule has 21 heavy (non-hydrogen) atoms. The minimum absolute atomic E-state index is 0.907. The highest BCUT2D eigenvalue weighted by atomic mass is 32.2. The van der Waals surface area contributed by atoms with Crippen LogP contribution in [0.2, 0.25) is 0 Å². The third-order valence-corrected chi connectivity index (χ3v) is 3.13. The number of hydrogen-bond acceptors (Lipinski definition) is 1. The van der Waals surface area contributed by atoms with E-state index < -0.39 is 0 Å². The average molecular weight is 307 g/mol. The fourth-order valence-corrected chi connectivity index (χ4v) is 1.70. The van der Waals surface area contributed by atoms with E-state index in [1.807, 2.05) is 47.6 Å². The van der Waals surface area contributed by atoms with Gasteiger partial charge in [0, 0.05) is 0 Å². The second-order valence-corrected chi connectivity index (χ2v) is 5.20. The van der Waals surface area contributed by atoms with Crippen LogP contribution in [0.3, 0.4) is 0 Å². The summed E-state index contributed by atoms with van der Waals surface area (Å²) < 4.78 is 0. The van der Waals surface area contributed by atoms with Crippen molar-refractivity contribution in [2.45, 2.75) is 68.7 Å². The largest absolute Gasteiger partial charge is 0.0863 e. The molecule has 0 rings (SSSR count). The van der Waals surface area contributed by atoms with Crippen LogP contribution in [0.5, 0.6) is 0 Å². The quantitative estimate of drug-likeness (QED) is 0.382. The molecule has 0 N–H and O–H groups in total. The van der Waals surface area contributed by atoms with Crippen molar-refractivity contribution in [2.24, 2.45) is 0 Å². The molecule has 0 amide bonds. The van der Waals surface area contributed by atoms with Gasteiger partial charge in [-0.3, -0.25) is 0 Å². The molecule has 0 bridgehead atoms. The van der Waals surface area contributed by atoms with E-state index in [0.29, 0.717) is 0 Å². The van der Waals surface area contributed by atoms with Crippen molar-refractivity contribution in [3.8, 4) is 11.8 Å². The van der Waals surface area contributed by atoms with E-state index in [0.717, 1.165) is 16.9 Å². The first-order valence-electron chi connectivity index (χ1n) is 7.85. The lowest BCUT2D eigenvalue weighted by molar-refractivity contribution is 1.19. The zero-order chi connectivity index (χ0) is 17.3. The predicted octanol–water partition coefficient (Wildman–Crippen LogP) is 7.52. The first kappa shape index (κ1) is 24.9. The predicted molar refractivity (Wildman–Crippen MR) is 104 cm³/mol. The van der Waals surface area contributed by atoms with Gasteiger partial charge in [-0.1, -0.05) is 88.6 Å². The van der Waals surface area contributed by atoms with Crippen molar-refractivity contribution >= 4 is 11.8 Å². The Kier molecular flexibility index (Phi) is 22.3. The maximum Gasteiger partial charge on any atom is 0.0549 e. The first-order chi connectivity index (χ1) is 9.99. The van der Waals surface area contributed by atoms with Crippen LogP contribution in [0, 0.1) is 11.8 Å². The van der Waals surface area contributed by atoms with E-state index in [2.05, 4.69) is 51.3 Å². The van der Waals surface area contributed by atoms with Crippen molar-refractivity contribution in [1.29, 1.82) is 0 Å². The summed E-state index contributed by atoms with van der Waals surface area (Å²) in [5.74, 6) is 6.20. The highest BCUT2D eigenvalue weighted by Crippen LogP contribution is 2.25. The van der Waals surface area contributed by atoms with Gasteiger partial charge in [0.1, 0.15) is 0 Å². The third kappa shape index (κ3) is 18.9. The molecule has 0 aromatic rings. The molecule has 0 saturated carbocycles. The van der Waals surface area contributed by atoms with Crippen molar-refractivity contribution in [1.82, 2.24) is 0 Å². The highest BCUT2D eigenvalue weighted by molar-refractivity contribution is 8.07. The average Bonchev–Trinajstić information content (AvgIpc) is 2.52. The van der Waals surface area contributed by atoms with Crippen molar-refractivity contribution in [2.75, 3.05) is 0 Å². The van der Waals surface area contributed by atoms with Gasteiger partial charge < -0.3 is 0 Å². The van der Waals surface area contributed by atoms with Crippen LogP contribution in [0.1, 0.15) is 68.7 Å². The van der Waals surface area contributed by atoms with Gasteiger partial charge in [-0.2, -0.15) is 0 Å². The van der Waals surface area contributed by atoms with E-state index in [-0.39, 0.29) is 0 Å². The normalized spacial score (nSPS) is 9.95. The molecule has 0 spiro atoms. The van der Waals surface area contributed by atoms with Gasteiger partial charge >= 0.3 is 0 Å². The molecule has 1 heteroatoms. The molecule has 0 aromatic heterocycles. The Balaban J connectivity index is -0.000000739. The van der Waals surface area contributed by atoms with Gasteiger partial charge in [0.25, 0.3) is 0 Å². The molecule has 0 aromatic carbocycles. The second kappa shape index (κ2) is 18.9. The Hall–Kier alpha value is -1.13. The van der Waals surface area contributed by atoms with Gasteiger partial charge in [0.15, 0.2) is 0 Å². The molecule has 0 heterocycles. The summed E-state index contributed by atoms with van der Waals surface area (Å²) in [6.07, 6.45) is 7.26. The lowest BCUT2D eigenvalue weighted by Crippen LogP contribution is -1.75. The monoisotopic (exact) mass is 306 g/mol. The summed E-state index contributed by atoms with van der Waals surface area (Å²) in [7, 11) is 0. The SMILES string of the molecule is C=C(C#C/C(C)=C/C=C(C)C)S/C(=C\C)CC.CC.CC. The highest BCUT2D eigenvalue weighted by Gasteiger charge is 1.95. The van der Waals surface area contributed by atoms with Crippen LogP contribution >= 0.6 is 11.8 Å². The Morgan fingerprint density at radius 1 is 1.00 bits per heavy atom. The Morgan fingerprint density at radius 2 is 1.52 bits per heavy atom. The molecule has 0 aliphatic heterocycles. The first-order valence-corrected chi connectivity index (χ1v) is 8.67. The molecule has 0 fully saturated rings. The number of allylic oxidation sites excluding steroid dienone is 7. The van der Waals surface area contributed by atoms with Gasteiger partial charge in [-0.05, 0) is 44.6 Å².